The third kappa shape index (κ3) is 7.73. The molecule has 0 bridgehead atoms. The molecule has 12 heteroatoms. The van der Waals surface area contributed by atoms with Crippen LogP contribution in [-0.4, -0.2) is 59.0 Å². The summed E-state index contributed by atoms with van der Waals surface area (Å²) in [4.78, 5) is 37.1. The normalized spacial score (nSPS) is 10.5. The van der Waals surface area contributed by atoms with Crippen molar-refractivity contribution < 1.29 is 38.1 Å². The van der Waals surface area contributed by atoms with Crippen molar-refractivity contribution in [1.82, 2.24) is 10.7 Å². The van der Waals surface area contributed by atoms with Gasteiger partial charge in [0.25, 0.3) is 5.91 Å². The molecule has 3 aromatic rings. The molecule has 0 aliphatic heterocycles. The van der Waals surface area contributed by atoms with Crippen molar-refractivity contribution in [2.45, 2.75) is 6.42 Å². The summed E-state index contributed by atoms with van der Waals surface area (Å²) in [7, 11) is 5.78. The second-order valence-electron chi connectivity index (χ2n) is 7.99. The number of nitrogens with one attached hydrogen (secondary N) is 2. The Morgan fingerprint density at radius 1 is 0.850 bits per heavy atom. The minimum atomic E-state index is -0.669. The molecule has 3 aromatic carbocycles. The summed E-state index contributed by atoms with van der Waals surface area (Å²) >= 11 is 3.32. The molecule has 2 amide bonds. The highest BCUT2D eigenvalue weighted by molar-refractivity contribution is 9.10. The maximum absolute atomic E-state index is 12.8. The average molecular weight is 614 g/mol. The number of benzene rings is 3. The molecule has 0 spiro atoms. The lowest BCUT2D eigenvalue weighted by Crippen LogP contribution is -2.29. The van der Waals surface area contributed by atoms with Gasteiger partial charge in [0, 0.05) is 17.4 Å². The lowest BCUT2D eigenvalue weighted by atomic mass is 10.1. The molecule has 210 valence electrons. The fourth-order valence-corrected chi connectivity index (χ4v) is 3.94. The summed E-state index contributed by atoms with van der Waals surface area (Å²) in [6.07, 6.45) is 1.44. The molecule has 40 heavy (non-hydrogen) atoms. The van der Waals surface area contributed by atoms with E-state index < -0.39 is 5.97 Å². The Bertz CT molecular complexity index is 1390. The molecule has 0 saturated heterocycles. The minimum absolute atomic E-state index is 0.0344. The second-order valence-corrected chi connectivity index (χ2v) is 8.85. The number of carbonyl (C=O) groups excluding carboxylic acids is 3. The highest BCUT2D eigenvalue weighted by atomic mass is 79.9. The number of ether oxygens (including phenoxy) is 5. The van der Waals surface area contributed by atoms with Crippen LogP contribution in [0.5, 0.6) is 28.7 Å². The maximum Gasteiger partial charge on any atom is 0.343 e. The Balaban J connectivity index is 1.57. The van der Waals surface area contributed by atoms with Gasteiger partial charge >= 0.3 is 5.97 Å². The van der Waals surface area contributed by atoms with E-state index >= 15 is 0 Å². The van der Waals surface area contributed by atoms with Gasteiger partial charge in [0.2, 0.25) is 11.7 Å². The van der Waals surface area contributed by atoms with E-state index in [-0.39, 0.29) is 41.8 Å². The van der Waals surface area contributed by atoms with E-state index in [4.69, 9.17) is 23.7 Å². The number of hydrogen-bond donors (Lipinski definition) is 2. The molecule has 2 N–H and O–H groups in total. The summed E-state index contributed by atoms with van der Waals surface area (Å²) < 4.78 is 27.4. The smallest absolute Gasteiger partial charge is 0.343 e. The van der Waals surface area contributed by atoms with E-state index in [0.717, 1.165) is 0 Å². The molecular formula is C28H28BrN3O8. The Kier molecular flexibility index (Phi) is 10.9. The highest BCUT2D eigenvalue weighted by Crippen LogP contribution is 2.38. The van der Waals surface area contributed by atoms with Crippen LogP contribution in [0.1, 0.15) is 32.7 Å². The van der Waals surface area contributed by atoms with Crippen LogP contribution in [-0.2, 0) is 4.79 Å². The van der Waals surface area contributed by atoms with Crippen LogP contribution in [0.2, 0.25) is 0 Å². The van der Waals surface area contributed by atoms with Crippen LogP contribution in [0.3, 0.4) is 0 Å². The zero-order valence-electron chi connectivity index (χ0n) is 22.3. The number of methoxy groups -OCH3 is 4. The van der Waals surface area contributed by atoms with Crippen LogP contribution in [0.15, 0.2) is 64.2 Å². The third-order valence-electron chi connectivity index (χ3n) is 5.45. The van der Waals surface area contributed by atoms with E-state index in [2.05, 4.69) is 31.8 Å². The van der Waals surface area contributed by atoms with Gasteiger partial charge in [0.05, 0.1) is 45.8 Å². The van der Waals surface area contributed by atoms with Crippen molar-refractivity contribution in [2.24, 2.45) is 5.10 Å². The largest absolute Gasteiger partial charge is 0.493 e. The third-order valence-corrected chi connectivity index (χ3v) is 6.14. The van der Waals surface area contributed by atoms with Crippen molar-refractivity contribution in [2.75, 3.05) is 35.0 Å². The number of rotatable bonds is 12. The predicted molar refractivity (Wildman–Crippen MR) is 151 cm³/mol. The first-order chi connectivity index (χ1) is 19.3. The van der Waals surface area contributed by atoms with E-state index in [9.17, 15) is 14.4 Å². The van der Waals surface area contributed by atoms with Gasteiger partial charge < -0.3 is 29.0 Å². The first kappa shape index (κ1) is 30.0. The number of hydrogen-bond acceptors (Lipinski definition) is 9. The minimum Gasteiger partial charge on any atom is -0.493 e. The monoisotopic (exact) mass is 613 g/mol. The van der Waals surface area contributed by atoms with Crippen molar-refractivity contribution in [3.05, 3.63) is 75.8 Å². The molecule has 0 aliphatic rings. The molecule has 0 heterocycles. The SMILES string of the molecule is COc1cc(C=NNC(=O)CCNC(=O)c2ccccc2Br)ccc1OC(=O)c1cc(OC)c(OC)c(OC)c1. The molecule has 0 radical (unpaired) electrons. The zero-order chi connectivity index (χ0) is 29.1. The van der Waals surface area contributed by atoms with Crippen LogP contribution in [0.4, 0.5) is 0 Å². The number of halogens is 1. The van der Waals surface area contributed by atoms with Gasteiger partial charge in [-0.1, -0.05) is 12.1 Å². The van der Waals surface area contributed by atoms with Crippen LogP contribution in [0, 0.1) is 0 Å². The molecule has 0 aromatic heterocycles. The number of carbonyl (C=O) groups is 3. The van der Waals surface area contributed by atoms with Gasteiger partial charge in [-0.15, -0.1) is 0 Å². The van der Waals surface area contributed by atoms with E-state index in [0.29, 0.717) is 32.8 Å². The number of hydrazone groups is 1. The Labute approximate surface area is 239 Å². The van der Waals surface area contributed by atoms with Gasteiger partial charge in [-0.3, -0.25) is 9.59 Å². The van der Waals surface area contributed by atoms with Crippen LogP contribution in [0.25, 0.3) is 0 Å². The van der Waals surface area contributed by atoms with Gasteiger partial charge in [-0.25, -0.2) is 10.2 Å². The Morgan fingerprint density at radius 2 is 1.52 bits per heavy atom. The molecule has 0 saturated carbocycles. The molecular weight excluding hydrogens is 586 g/mol. The summed E-state index contributed by atoms with van der Waals surface area (Å²) in [5.74, 6) is 0.0579. The van der Waals surface area contributed by atoms with Crippen LogP contribution < -0.4 is 34.4 Å². The highest BCUT2D eigenvalue weighted by Gasteiger charge is 2.19. The van der Waals surface area contributed by atoms with Crippen LogP contribution >= 0.6 is 15.9 Å². The Morgan fingerprint density at radius 3 is 2.15 bits per heavy atom. The van der Waals surface area contributed by atoms with Crippen molar-refractivity contribution >= 4 is 39.9 Å². The van der Waals surface area contributed by atoms with E-state index in [1.54, 1.807) is 36.4 Å². The summed E-state index contributed by atoms with van der Waals surface area (Å²) in [5, 5.41) is 6.62. The van der Waals surface area contributed by atoms with E-state index in [1.165, 1.54) is 52.9 Å². The zero-order valence-corrected chi connectivity index (χ0v) is 23.9. The van der Waals surface area contributed by atoms with Crippen molar-refractivity contribution in [3.8, 4) is 28.7 Å². The Hall–Kier alpha value is -4.58. The standard InChI is InChI=1S/C28H28BrN3O8/c1-36-22-13-17(16-31-32-25(33)11-12-30-27(34)19-7-5-6-8-20(19)29)9-10-21(22)40-28(35)18-14-23(37-2)26(39-4)24(15-18)38-3/h5-10,13-16H,11-12H2,1-4H3,(H,30,34)(H,32,33). The number of esters is 1. The summed E-state index contributed by atoms with van der Waals surface area (Å²) in [5.41, 5.74) is 3.64. The lowest BCUT2D eigenvalue weighted by Gasteiger charge is -2.14. The number of nitrogens with zero attached hydrogens (tertiary/aromatic N) is 1. The van der Waals surface area contributed by atoms with Gasteiger partial charge in [0.15, 0.2) is 23.0 Å². The summed E-state index contributed by atoms with van der Waals surface area (Å²) in [6.45, 7) is 0.140. The molecule has 0 aliphatic carbocycles. The van der Waals surface area contributed by atoms with Gasteiger partial charge in [0.1, 0.15) is 0 Å². The topological polar surface area (TPSA) is 134 Å². The molecule has 0 atom stereocenters. The fourth-order valence-electron chi connectivity index (χ4n) is 3.47. The van der Waals surface area contributed by atoms with Crippen molar-refractivity contribution in [3.63, 3.8) is 0 Å². The quantitative estimate of drug-likeness (QED) is 0.136. The lowest BCUT2D eigenvalue weighted by molar-refractivity contribution is -0.120. The maximum atomic E-state index is 12.8. The molecule has 3 rings (SSSR count). The fraction of sp³-hybridized carbons (Fsp3) is 0.214. The summed E-state index contributed by atoms with van der Waals surface area (Å²) in [6, 6.07) is 14.7. The predicted octanol–water partition coefficient (Wildman–Crippen LogP) is 3.97. The first-order valence-electron chi connectivity index (χ1n) is 11.9. The van der Waals surface area contributed by atoms with Crippen molar-refractivity contribution in [1.29, 1.82) is 0 Å². The number of amides is 2. The first-order valence-corrected chi connectivity index (χ1v) is 12.6. The average Bonchev–Trinajstić information content (AvgIpc) is 2.96. The van der Waals surface area contributed by atoms with Gasteiger partial charge in [-0.2, -0.15) is 5.10 Å². The van der Waals surface area contributed by atoms with Gasteiger partial charge in [-0.05, 0) is 64.0 Å². The molecule has 11 nitrogen and oxygen atoms in total. The second kappa shape index (κ2) is 14.5. The molecule has 0 fully saturated rings. The van der Waals surface area contributed by atoms with E-state index in [1.807, 2.05) is 0 Å². The molecule has 0 unspecified atom stereocenters.